The highest BCUT2D eigenvalue weighted by Crippen LogP contribution is 2.48. The Morgan fingerprint density at radius 2 is 1.61 bits per heavy atom. The standard InChI is InChI=1S/C32H39N5O3S/c1-21-10-12-25(13-11-21)37-31-28(30(33-37)32(4,5)6)29(24-9-7-8-22(2)18-24)41-20-27(40)36(31)19-26(39)35-16-14-34(15-17-35)23(3)38/h7-13,18,29H,14-17,19-20H2,1-6H3/t29-/m1/s1. The lowest BCUT2D eigenvalue weighted by Gasteiger charge is -2.35. The first-order valence-corrected chi connectivity index (χ1v) is 15.2. The average Bonchev–Trinajstić information content (AvgIpc) is 3.26. The highest BCUT2D eigenvalue weighted by Gasteiger charge is 2.40. The summed E-state index contributed by atoms with van der Waals surface area (Å²) in [5.41, 5.74) is 5.82. The maximum Gasteiger partial charge on any atom is 0.242 e. The quantitative estimate of drug-likeness (QED) is 0.454. The van der Waals surface area contributed by atoms with E-state index in [0.29, 0.717) is 32.0 Å². The largest absolute Gasteiger partial charge is 0.339 e. The molecule has 0 N–H and O–H groups in total. The van der Waals surface area contributed by atoms with Crippen molar-refractivity contribution in [2.24, 2.45) is 0 Å². The van der Waals surface area contributed by atoms with Crippen LogP contribution in [0.2, 0.25) is 0 Å². The Morgan fingerprint density at radius 1 is 0.951 bits per heavy atom. The Labute approximate surface area is 246 Å². The van der Waals surface area contributed by atoms with E-state index in [0.717, 1.165) is 33.6 Å². The second-order valence-electron chi connectivity index (χ2n) is 12.1. The number of benzene rings is 2. The number of anilines is 1. The summed E-state index contributed by atoms with van der Waals surface area (Å²) in [4.78, 5) is 44.6. The molecule has 2 aromatic carbocycles. The number of piperazine rings is 1. The zero-order valence-electron chi connectivity index (χ0n) is 24.8. The lowest BCUT2D eigenvalue weighted by molar-refractivity contribution is -0.137. The van der Waals surface area contributed by atoms with Gasteiger partial charge in [0.15, 0.2) is 0 Å². The van der Waals surface area contributed by atoms with Gasteiger partial charge >= 0.3 is 0 Å². The third-order valence-electron chi connectivity index (χ3n) is 7.79. The summed E-state index contributed by atoms with van der Waals surface area (Å²) >= 11 is 1.59. The van der Waals surface area contributed by atoms with Crippen LogP contribution in [0.3, 0.4) is 0 Å². The van der Waals surface area contributed by atoms with Crippen LogP contribution in [-0.4, -0.2) is 75.8 Å². The van der Waals surface area contributed by atoms with E-state index in [4.69, 9.17) is 5.10 Å². The predicted octanol–water partition coefficient (Wildman–Crippen LogP) is 4.65. The molecule has 3 aromatic rings. The van der Waals surface area contributed by atoms with Gasteiger partial charge in [-0.3, -0.25) is 19.3 Å². The van der Waals surface area contributed by atoms with Crippen LogP contribution < -0.4 is 4.90 Å². The SMILES string of the molecule is CC(=O)N1CCN(C(=O)CN2C(=O)CS[C@H](c3cccc(C)c3)c3c(C(C)(C)C)nn(-c4ccc(C)cc4)c32)CC1. The number of carbonyl (C=O) groups is 3. The molecule has 9 heteroatoms. The fourth-order valence-electron chi connectivity index (χ4n) is 5.54. The summed E-state index contributed by atoms with van der Waals surface area (Å²) in [5.74, 6) is 0.684. The maximum atomic E-state index is 13.9. The van der Waals surface area contributed by atoms with Crippen LogP contribution >= 0.6 is 11.8 Å². The first-order chi connectivity index (χ1) is 19.4. The van der Waals surface area contributed by atoms with Crippen molar-refractivity contribution < 1.29 is 14.4 Å². The van der Waals surface area contributed by atoms with Crippen molar-refractivity contribution in [3.8, 4) is 5.69 Å². The van der Waals surface area contributed by atoms with Crippen LogP contribution in [0.5, 0.6) is 0 Å². The van der Waals surface area contributed by atoms with Crippen molar-refractivity contribution in [2.45, 2.75) is 52.2 Å². The molecular formula is C32H39N5O3S. The second kappa shape index (κ2) is 11.4. The number of aryl methyl sites for hydroxylation is 2. The van der Waals surface area contributed by atoms with E-state index >= 15 is 0 Å². The number of fused-ring (bicyclic) bond motifs is 1. The fourth-order valence-corrected chi connectivity index (χ4v) is 6.73. The summed E-state index contributed by atoms with van der Waals surface area (Å²) in [6.45, 7) is 13.9. The lowest BCUT2D eigenvalue weighted by atomic mass is 9.87. The zero-order valence-corrected chi connectivity index (χ0v) is 25.6. The van der Waals surface area contributed by atoms with E-state index in [-0.39, 0.29) is 40.7 Å². The number of amides is 3. The van der Waals surface area contributed by atoms with E-state index in [1.807, 2.05) is 35.9 Å². The Kier molecular flexibility index (Phi) is 8.01. The van der Waals surface area contributed by atoms with Gasteiger partial charge in [0.1, 0.15) is 12.4 Å². The Hall–Kier alpha value is -3.59. The Bertz CT molecular complexity index is 1470. The number of hydrogen-bond acceptors (Lipinski definition) is 5. The number of hydrogen-bond donors (Lipinski definition) is 0. The van der Waals surface area contributed by atoms with Crippen LogP contribution in [-0.2, 0) is 19.8 Å². The van der Waals surface area contributed by atoms with Crippen LogP contribution in [0, 0.1) is 13.8 Å². The molecule has 216 valence electrons. The molecular weight excluding hydrogens is 534 g/mol. The molecule has 0 unspecified atom stereocenters. The first kappa shape index (κ1) is 28.9. The van der Waals surface area contributed by atoms with Gasteiger partial charge in [-0.05, 0) is 31.5 Å². The van der Waals surface area contributed by atoms with E-state index in [2.05, 4.69) is 52.0 Å². The maximum absolute atomic E-state index is 13.9. The van der Waals surface area contributed by atoms with Crippen molar-refractivity contribution in [1.29, 1.82) is 0 Å². The summed E-state index contributed by atoms with van der Waals surface area (Å²) in [6, 6.07) is 16.5. The molecule has 0 spiro atoms. The third-order valence-corrected chi connectivity index (χ3v) is 9.05. The summed E-state index contributed by atoms with van der Waals surface area (Å²) in [5, 5.41) is 5.05. The third kappa shape index (κ3) is 5.91. The monoisotopic (exact) mass is 573 g/mol. The number of thioether (sulfide) groups is 1. The molecule has 2 aliphatic rings. The molecule has 1 atom stereocenters. The highest BCUT2D eigenvalue weighted by molar-refractivity contribution is 8.00. The summed E-state index contributed by atoms with van der Waals surface area (Å²) in [7, 11) is 0. The molecule has 0 radical (unpaired) electrons. The highest BCUT2D eigenvalue weighted by atomic mass is 32.2. The van der Waals surface area contributed by atoms with Crippen LogP contribution in [0.4, 0.5) is 5.82 Å². The Balaban J connectivity index is 1.65. The molecule has 5 rings (SSSR count). The van der Waals surface area contributed by atoms with Crippen molar-refractivity contribution in [2.75, 3.05) is 43.4 Å². The van der Waals surface area contributed by atoms with Gasteiger partial charge in [0, 0.05) is 44.1 Å². The van der Waals surface area contributed by atoms with Gasteiger partial charge in [0.05, 0.1) is 22.4 Å². The molecule has 1 saturated heterocycles. The van der Waals surface area contributed by atoms with E-state index in [1.54, 1.807) is 33.4 Å². The minimum Gasteiger partial charge on any atom is -0.339 e. The topological polar surface area (TPSA) is 78.8 Å². The van der Waals surface area contributed by atoms with Gasteiger partial charge in [-0.2, -0.15) is 5.10 Å². The van der Waals surface area contributed by atoms with Gasteiger partial charge in [-0.15, -0.1) is 11.8 Å². The molecule has 2 aliphatic heterocycles. The lowest BCUT2D eigenvalue weighted by Crippen LogP contribution is -2.53. The molecule has 1 fully saturated rings. The zero-order chi connectivity index (χ0) is 29.5. The fraction of sp³-hybridized carbons (Fsp3) is 0.438. The van der Waals surface area contributed by atoms with Gasteiger partial charge < -0.3 is 9.80 Å². The van der Waals surface area contributed by atoms with E-state index in [9.17, 15) is 14.4 Å². The molecule has 8 nitrogen and oxygen atoms in total. The van der Waals surface area contributed by atoms with Crippen LogP contribution in [0.1, 0.15) is 60.9 Å². The van der Waals surface area contributed by atoms with E-state index in [1.165, 1.54) is 0 Å². The van der Waals surface area contributed by atoms with Crippen molar-refractivity contribution in [3.63, 3.8) is 0 Å². The minimum absolute atomic E-state index is 0.0142. The minimum atomic E-state index is -0.311. The van der Waals surface area contributed by atoms with Crippen LogP contribution in [0.15, 0.2) is 48.5 Å². The number of carbonyl (C=O) groups excluding carboxylic acids is 3. The van der Waals surface area contributed by atoms with Gasteiger partial charge in [-0.25, -0.2) is 4.68 Å². The van der Waals surface area contributed by atoms with Crippen molar-refractivity contribution in [1.82, 2.24) is 19.6 Å². The molecule has 41 heavy (non-hydrogen) atoms. The van der Waals surface area contributed by atoms with Gasteiger partial charge in [0.2, 0.25) is 17.7 Å². The molecule has 1 aromatic heterocycles. The molecule has 3 amide bonds. The van der Waals surface area contributed by atoms with Crippen molar-refractivity contribution >= 4 is 35.3 Å². The van der Waals surface area contributed by atoms with Gasteiger partial charge in [-0.1, -0.05) is 68.3 Å². The molecule has 0 aliphatic carbocycles. The first-order valence-electron chi connectivity index (χ1n) is 14.2. The average molecular weight is 574 g/mol. The van der Waals surface area contributed by atoms with Crippen LogP contribution in [0.25, 0.3) is 5.69 Å². The summed E-state index contributed by atoms with van der Waals surface area (Å²) < 4.78 is 1.86. The van der Waals surface area contributed by atoms with Gasteiger partial charge in [0.25, 0.3) is 0 Å². The number of nitrogens with zero attached hydrogens (tertiary/aromatic N) is 5. The Morgan fingerprint density at radius 3 is 2.22 bits per heavy atom. The summed E-state index contributed by atoms with van der Waals surface area (Å²) in [6.07, 6.45) is 0. The van der Waals surface area contributed by atoms with E-state index < -0.39 is 0 Å². The molecule has 0 saturated carbocycles. The second-order valence-corrected chi connectivity index (χ2v) is 13.1. The normalized spacial score (nSPS) is 17.9. The van der Waals surface area contributed by atoms with Crippen molar-refractivity contribution in [3.05, 3.63) is 76.5 Å². The molecule has 3 heterocycles. The predicted molar refractivity (Wildman–Crippen MR) is 164 cm³/mol. The molecule has 0 bridgehead atoms. The smallest absolute Gasteiger partial charge is 0.242 e. The number of rotatable bonds is 4. The number of aromatic nitrogens is 2.